The van der Waals surface area contributed by atoms with Crippen molar-refractivity contribution in [2.75, 3.05) is 33.2 Å². The summed E-state index contributed by atoms with van der Waals surface area (Å²) in [5.41, 5.74) is 1.71. The fourth-order valence-electron chi connectivity index (χ4n) is 3.55. The molecule has 2 aliphatic rings. The van der Waals surface area contributed by atoms with Gasteiger partial charge >= 0.3 is 0 Å². The van der Waals surface area contributed by atoms with E-state index in [9.17, 15) is 4.39 Å². The molecule has 2 saturated heterocycles. The number of hydrogen-bond donors (Lipinski definition) is 0. The molecular weight excluding hydrogens is 307 g/mol. The van der Waals surface area contributed by atoms with E-state index in [1.165, 1.54) is 44.6 Å². The van der Waals surface area contributed by atoms with Crippen molar-refractivity contribution in [3.8, 4) is 0 Å². The molecule has 0 bridgehead atoms. The van der Waals surface area contributed by atoms with Crippen LogP contribution in [0.1, 0.15) is 18.4 Å². The molecule has 4 heteroatoms. The largest absolute Gasteiger partial charge is 0.306 e. The van der Waals surface area contributed by atoms with Gasteiger partial charge in [-0.2, -0.15) is 0 Å². The van der Waals surface area contributed by atoms with Crippen LogP contribution in [0, 0.1) is 11.2 Å². The monoisotopic (exact) mass is 326 g/mol. The van der Waals surface area contributed by atoms with E-state index in [0.29, 0.717) is 9.89 Å². The van der Waals surface area contributed by atoms with Gasteiger partial charge in [-0.3, -0.25) is 4.90 Å². The fraction of sp³-hybridized carbons (Fsp3) is 0.600. The Morgan fingerprint density at radius 1 is 1.26 bits per heavy atom. The molecule has 1 aromatic carbocycles. The molecule has 3 rings (SSSR count). The summed E-state index contributed by atoms with van der Waals surface area (Å²) in [5, 5.41) is 0. The zero-order valence-electron chi connectivity index (χ0n) is 11.3. The third-order valence-electron chi connectivity index (χ3n) is 4.54. The predicted molar refractivity (Wildman–Crippen MR) is 78.5 cm³/mol. The highest BCUT2D eigenvalue weighted by Crippen LogP contribution is 2.39. The second kappa shape index (κ2) is 5.15. The molecule has 1 spiro atoms. The topological polar surface area (TPSA) is 6.48 Å². The first kappa shape index (κ1) is 13.5. The van der Waals surface area contributed by atoms with Crippen molar-refractivity contribution in [3.63, 3.8) is 0 Å². The van der Waals surface area contributed by atoms with Gasteiger partial charge in [0.1, 0.15) is 5.82 Å². The highest BCUT2D eigenvalue weighted by atomic mass is 79.9. The van der Waals surface area contributed by atoms with Gasteiger partial charge in [0.05, 0.1) is 4.47 Å². The second-order valence-electron chi connectivity index (χ2n) is 6.20. The van der Waals surface area contributed by atoms with Gasteiger partial charge in [-0.25, -0.2) is 4.39 Å². The molecule has 0 saturated carbocycles. The lowest BCUT2D eigenvalue weighted by Gasteiger charge is -2.24. The van der Waals surface area contributed by atoms with E-state index in [1.54, 1.807) is 6.07 Å². The van der Waals surface area contributed by atoms with E-state index in [1.807, 2.05) is 12.1 Å². The highest BCUT2D eigenvalue weighted by molar-refractivity contribution is 9.10. The number of rotatable bonds is 2. The van der Waals surface area contributed by atoms with Crippen LogP contribution in [-0.2, 0) is 6.54 Å². The minimum Gasteiger partial charge on any atom is -0.306 e. The molecule has 2 aliphatic heterocycles. The van der Waals surface area contributed by atoms with Gasteiger partial charge in [0.2, 0.25) is 0 Å². The molecule has 0 aliphatic carbocycles. The van der Waals surface area contributed by atoms with E-state index in [0.717, 1.165) is 6.54 Å². The molecule has 19 heavy (non-hydrogen) atoms. The lowest BCUT2D eigenvalue weighted by Crippen LogP contribution is -2.29. The number of halogens is 2. The zero-order valence-corrected chi connectivity index (χ0v) is 12.9. The Bertz CT molecular complexity index is 479. The van der Waals surface area contributed by atoms with Crippen molar-refractivity contribution < 1.29 is 4.39 Å². The molecule has 1 atom stereocenters. The molecule has 0 aromatic heterocycles. The lowest BCUT2D eigenvalue weighted by atomic mass is 9.86. The third kappa shape index (κ3) is 2.86. The maximum Gasteiger partial charge on any atom is 0.137 e. The maximum atomic E-state index is 13.2. The van der Waals surface area contributed by atoms with Crippen LogP contribution >= 0.6 is 15.9 Å². The number of likely N-dealkylation sites (tertiary alicyclic amines) is 2. The van der Waals surface area contributed by atoms with Gasteiger partial charge in [0.25, 0.3) is 0 Å². The first-order chi connectivity index (χ1) is 9.06. The smallest absolute Gasteiger partial charge is 0.137 e. The van der Waals surface area contributed by atoms with Crippen LogP contribution < -0.4 is 0 Å². The third-order valence-corrected chi connectivity index (χ3v) is 5.14. The van der Waals surface area contributed by atoms with E-state index in [-0.39, 0.29) is 5.82 Å². The SMILES string of the molecule is CN1CCC2(CCN(Cc3ccc(F)c(Br)c3)C2)C1. The first-order valence-corrected chi connectivity index (χ1v) is 7.71. The Morgan fingerprint density at radius 3 is 2.74 bits per heavy atom. The van der Waals surface area contributed by atoms with Crippen LogP contribution in [0.2, 0.25) is 0 Å². The van der Waals surface area contributed by atoms with Crippen LogP contribution in [0.25, 0.3) is 0 Å². The molecule has 2 nitrogen and oxygen atoms in total. The van der Waals surface area contributed by atoms with Crippen LogP contribution in [0.3, 0.4) is 0 Å². The summed E-state index contributed by atoms with van der Waals surface area (Å²) >= 11 is 3.26. The average molecular weight is 327 g/mol. The second-order valence-corrected chi connectivity index (χ2v) is 7.05. The molecular formula is C15H20BrFN2. The van der Waals surface area contributed by atoms with Crippen molar-refractivity contribution in [1.82, 2.24) is 9.80 Å². The summed E-state index contributed by atoms with van der Waals surface area (Å²) in [7, 11) is 2.22. The molecule has 2 fully saturated rings. The Kier molecular flexibility index (Phi) is 3.67. The average Bonchev–Trinajstić information content (AvgIpc) is 2.92. The molecule has 1 unspecified atom stereocenters. The van der Waals surface area contributed by atoms with Crippen LogP contribution in [-0.4, -0.2) is 43.0 Å². The van der Waals surface area contributed by atoms with Crippen molar-refractivity contribution in [1.29, 1.82) is 0 Å². The molecule has 104 valence electrons. The van der Waals surface area contributed by atoms with Crippen LogP contribution in [0.15, 0.2) is 22.7 Å². The van der Waals surface area contributed by atoms with E-state index in [4.69, 9.17) is 0 Å². The quantitative estimate of drug-likeness (QED) is 0.824. The normalized spacial score (nSPS) is 28.6. The summed E-state index contributed by atoms with van der Waals surface area (Å²) in [4.78, 5) is 4.96. The number of nitrogens with zero attached hydrogens (tertiary/aromatic N) is 2. The van der Waals surface area contributed by atoms with E-state index in [2.05, 4.69) is 32.8 Å². The van der Waals surface area contributed by atoms with Crippen molar-refractivity contribution in [2.24, 2.45) is 5.41 Å². The molecule has 1 aromatic rings. The fourth-order valence-corrected chi connectivity index (χ4v) is 3.98. The zero-order chi connectivity index (χ0) is 13.5. The van der Waals surface area contributed by atoms with Gasteiger partial charge in [-0.15, -0.1) is 0 Å². The Morgan fingerprint density at radius 2 is 2.05 bits per heavy atom. The van der Waals surface area contributed by atoms with Gasteiger partial charge in [0.15, 0.2) is 0 Å². The summed E-state index contributed by atoms with van der Waals surface area (Å²) in [6, 6.07) is 5.35. The first-order valence-electron chi connectivity index (χ1n) is 6.91. The summed E-state index contributed by atoms with van der Waals surface area (Å²) in [6.45, 7) is 5.76. The molecule has 0 amide bonds. The van der Waals surface area contributed by atoms with Crippen molar-refractivity contribution >= 4 is 15.9 Å². The van der Waals surface area contributed by atoms with E-state index >= 15 is 0 Å². The Hall–Kier alpha value is -0.450. The predicted octanol–water partition coefficient (Wildman–Crippen LogP) is 3.12. The van der Waals surface area contributed by atoms with Crippen LogP contribution in [0.4, 0.5) is 4.39 Å². The van der Waals surface area contributed by atoms with Gasteiger partial charge < -0.3 is 4.90 Å². The van der Waals surface area contributed by atoms with Crippen molar-refractivity contribution in [3.05, 3.63) is 34.1 Å². The van der Waals surface area contributed by atoms with Gasteiger partial charge in [-0.05, 0) is 72.0 Å². The molecule has 0 radical (unpaired) electrons. The Balaban J connectivity index is 1.64. The molecule has 2 heterocycles. The van der Waals surface area contributed by atoms with Gasteiger partial charge in [-0.1, -0.05) is 6.07 Å². The summed E-state index contributed by atoms with van der Waals surface area (Å²) < 4.78 is 13.8. The highest BCUT2D eigenvalue weighted by Gasteiger charge is 2.42. The number of hydrogen-bond acceptors (Lipinski definition) is 2. The van der Waals surface area contributed by atoms with Crippen LogP contribution in [0.5, 0.6) is 0 Å². The lowest BCUT2D eigenvalue weighted by molar-refractivity contribution is 0.250. The molecule has 0 N–H and O–H groups in total. The maximum absolute atomic E-state index is 13.2. The summed E-state index contributed by atoms with van der Waals surface area (Å²) in [5.74, 6) is -0.181. The standard InChI is InChI=1S/C15H20BrFN2/c1-18-6-4-15(10-18)5-7-19(11-15)9-12-2-3-14(17)13(16)8-12/h2-3,8H,4-7,9-11H2,1H3. The summed E-state index contributed by atoms with van der Waals surface area (Å²) in [6.07, 6.45) is 2.63. The Labute approximate surface area is 122 Å². The minimum atomic E-state index is -0.181. The minimum absolute atomic E-state index is 0.181. The van der Waals surface area contributed by atoms with Gasteiger partial charge in [0, 0.05) is 19.6 Å². The number of benzene rings is 1. The van der Waals surface area contributed by atoms with Crippen molar-refractivity contribution in [2.45, 2.75) is 19.4 Å². The van der Waals surface area contributed by atoms with E-state index < -0.39 is 0 Å².